The van der Waals surface area contributed by atoms with Crippen LogP contribution in [-0.2, 0) is 11.3 Å². The molecule has 92 valence electrons. The number of likely N-dealkylation sites (N-methyl/N-ethyl adjacent to an activating group) is 1. The molecule has 0 fully saturated rings. The van der Waals surface area contributed by atoms with Crippen LogP contribution in [0.5, 0.6) is 0 Å². The minimum Gasteiger partial charge on any atom is -0.480 e. The minimum absolute atomic E-state index is 0.0342. The summed E-state index contributed by atoms with van der Waals surface area (Å²) in [6.45, 7) is 2.92. The molecule has 1 N–H and O–H groups in total. The highest BCUT2D eigenvalue weighted by molar-refractivity contribution is 5.69. The van der Waals surface area contributed by atoms with Crippen molar-refractivity contribution in [2.45, 2.75) is 13.5 Å². The van der Waals surface area contributed by atoms with Crippen molar-refractivity contribution >= 4 is 11.7 Å². The van der Waals surface area contributed by atoms with Gasteiger partial charge in [0.05, 0.1) is 11.5 Å². The van der Waals surface area contributed by atoms with Crippen molar-refractivity contribution in [2.75, 3.05) is 13.1 Å². The predicted molar refractivity (Wildman–Crippen MR) is 61.7 cm³/mol. The Hall–Kier alpha value is -1.95. The molecule has 1 aromatic rings. The van der Waals surface area contributed by atoms with Crippen LogP contribution in [0.2, 0.25) is 0 Å². The summed E-state index contributed by atoms with van der Waals surface area (Å²) in [6, 6.07) is 6.12. The van der Waals surface area contributed by atoms with Crippen molar-refractivity contribution in [2.24, 2.45) is 0 Å². The van der Waals surface area contributed by atoms with E-state index in [-0.39, 0.29) is 12.2 Å². The van der Waals surface area contributed by atoms with E-state index in [1.807, 2.05) is 6.92 Å². The first-order valence-electron chi connectivity index (χ1n) is 5.20. The van der Waals surface area contributed by atoms with Gasteiger partial charge in [-0.15, -0.1) is 0 Å². The Morgan fingerprint density at radius 1 is 1.41 bits per heavy atom. The Kier molecular flexibility index (Phi) is 4.59. The molecular formula is C11H14N2O4. The molecule has 0 saturated carbocycles. The van der Waals surface area contributed by atoms with E-state index >= 15 is 0 Å². The number of hydrogen-bond acceptors (Lipinski definition) is 4. The Labute approximate surface area is 98.6 Å². The van der Waals surface area contributed by atoms with Crippen LogP contribution in [-0.4, -0.2) is 34.0 Å². The molecule has 0 aliphatic carbocycles. The summed E-state index contributed by atoms with van der Waals surface area (Å²) in [5.41, 5.74) is 0.897. The van der Waals surface area contributed by atoms with Crippen molar-refractivity contribution in [3.05, 3.63) is 39.9 Å². The molecule has 0 aliphatic rings. The number of nitro groups is 1. The molecule has 0 atom stereocenters. The van der Waals surface area contributed by atoms with E-state index in [2.05, 4.69) is 0 Å². The average Bonchev–Trinajstić information content (AvgIpc) is 2.28. The van der Waals surface area contributed by atoms with Crippen molar-refractivity contribution < 1.29 is 14.8 Å². The Morgan fingerprint density at radius 2 is 2.00 bits per heavy atom. The van der Waals surface area contributed by atoms with Gasteiger partial charge in [-0.2, -0.15) is 0 Å². The zero-order chi connectivity index (χ0) is 12.8. The summed E-state index contributed by atoms with van der Waals surface area (Å²) < 4.78 is 0. The van der Waals surface area contributed by atoms with Gasteiger partial charge in [-0.1, -0.05) is 19.1 Å². The van der Waals surface area contributed by atoms with E-state index in [0.29, 0.717) is 13.1 Å². The van der Waals surface area contributed by atoms with E-state index in [0.717, 1.165) is 5.56 Å². The standard InChI is InChI=1S/C11H14N2O4/c1-2-12(8-11(14)15)7-9-3-5-10(6-4-9)13(16)17/h3-6H,2,7-8H2,1H3,(H,14,15). The SMILES string of the molecule is CCN(CC(=O)O)Cc1ccc([N+](=O)[O-])cc1. The highest BCUT2D eigenvalue weighted by Crippen LogP contribution is 2.13. The van der Waals surface area contributed by atoms with Gasteiger partial charge < -0.3 is 5.11 Å². The number of carboxylic acids is 1. The van der Waals surface area contributed by atoms with E-state index in [4.69, 9.17) is 5.11 Å². The summed E-state index contributed by atoms with van der Waals surface area (Å²) in [4.78, 5) is 22.3. The van der Waals surface area contributed by atoms with Crippen molar-refractivity contribution in [1.29, 1.82) is 0 Å². The van der Waals surface area contributed by atoms with Crippen LogP contribution in [0.4, 0.5) is 5.69 Å². The molecule has 1 rings (SSSR count). The molecule has 0 bridgehead atoms. The summed E-state index contributed by atoms with van der Waals surface area (Å²) in [6.07, 6.45) is 0. The summed E-state index contributed by atoms with van der Waals surface area (Å²) >= 11 is 0. The smallest absolute Gasteiger partial charge is 0.317 e. The van der Waals surface area contributed by atoms with Gasteiger partial charge in [0, 0.05) is 18.7 Å². The van der Waals surface area contributed by atoms with Gasteiger partial charge in [0.2, 0.25) is 0 Å². The molecule has 0 aliphatic heterocycles. The van der Waals surface area contributed by atoms with Crippen molar-refractivity contribution in [3.63, 3.8) is 0 Å². The lowest BCUT2D eigenvalue weighted by molar-refractivity contribution is -0.384. The van der Waals surface area contributed by atoms with E-state index in [9.17, 15) is 14.9 Å². The molecule has 0 radical (unpaired) electrons. The highest BCUT2D eigenvalue weighted by Gasteiger charge is 2.09. The molecule has 0 amide bonds. The van der Waals surface area contributed by atoms with Crippen LogP contribution in [0.25, 0.3) is 0 Å². The minimum atomic E-state index is -0.881. The van der Waals surface area contributed by atoms with Gasteiger partial charge in [-0.3, -0.25) is 19.8 Å². The fraction of sp³-hybridized carbons (Fsp3) is 0.364. The second-order valence-corrected chi connectivity index (χ2v) is 3.62. The number of carboxylic acid groups (broad SMARTS) is 1. The zero-order valence-corrected chi connectivity index (χ0v) is 9.50. The zero-order valence-electron chi connectivity index (χ0n) is 9.50. The molecule has 0 unspecified atom stereocenters. The number of benzene rings is 1. The second kappa shape index (κ2) is 5.95. The van der Waals surface area contributed by atoms with Crippen LogP contribution in [0.1, 0.15) is 12.5 Å². The van der Waals surface area contributed by atoms with Gasteiger partial charge in [0.25, 0.3) is 5.69 Å². The van der Waals surface area contributed by atoms with Gasteiger partial charge in [0.15, 0.2) is 0 Å². The lowest BCUT2D eigenvalue weighted by Crippen LogP contribution is -2.29. The predicted octanol–water partition coefficient (Wildman–Crippen LogP) is 1.50. The third-order valence-electron chi connectivity index (χ3n) is 2.36. The largest absolute Gasteiger partial charge is 0.480 e. The van der Waals surface area contributed by atoms with Crippen LogP contribution in [0, 0.1) is 10.1 Å². The molecular weight excluding hydrogens is 224 g/mol. The lowest BCUT2D eigenvalue weighted by atomic mass is 10.2. The molecule has 6 heteroatoms. The second-order valence-electron chi connectivity index (χ2n) is 3.62. The molecule has 0 spiro atoms. The van der Waals surface area contributed by atoms with E-state index < -0.39 is 10.9 Å². The van der Waals surface area contributed by atoms with Gasteiger partial charge >= 0.3 is 5.97 Å². The number of nitro benzene ring substituents is 1. The van der Waals surface area contributed by atoms with Crippen LogP contribution in [0.15, 0.2) is 24.3 Å². The summed E-state index contributed by atoms with van der Waals surface area (Å²) in [5, 5.41) is 19.1. The normalized spacial score (nSPS) is 10.5. The number of rotatable bonds is 6. The maximum Gasteiger partial charge on any atom is 0.317 e. The number of nitrogens with zero attached hydrogens (tertiary/aromatic N) is 2. The monoisotopic (exact) mass is 238 g/mol. The Balaban J connectivity index is 2.67. The van der Waals surface area contributed by atoms with Crippen LogP contribution >= 0.6 is 0 Å². The van der Waals surface area contributed by atoms with Crippen molar-refractivity contribution in [3.8, 4) is 0 Å². The lowest BCUT2D eigenvalue weighted by Gasteiger charge is -2.17. The quantitative estimate of drug-likeness (QED) is 0.599. The third-order valence-corrected chi connectivity index (χ3v) is 2.36. The third kappa shape index (κ3) is 4.20. The van der Waals surface area contributed by atoms with E-state index in [1.165, 1.54) is 12.1 Å². The van der Waals surface area contributed by atoms with Gasteiger partial charge in [0.1, 0.15) is 0 Å². The number of non-ortho nitro benzene ring substituents is 1. The molecule has 1 aromatic carbocycles. The number of carbonyl (C=O) groups is 1. The molecule has 17 heavy (non-hydrogen) atoms. The maximum atomic E-state index is 10.6. The maximum absolute atomic E-state index is 10.6. The summed E-state index contributed by atoms with van der Waals surface area (Å²) in [5.74, 6) is -0.881. The molecule has 0 aromatic heterocycles. The summed E-state index contributed by atoms with van der Waals surface area (Å²) in [7, 11) is 0. The van der Waals surface area contributed by atoms with Crippen LogP contribution in [0.3, 0.4) is 0 Å². The molecule has 0 heterocycles. The first-order chi connectivity index (χ1) is 8.02. The number of hydrogen-bond donors (Lipinski definition) is 1. The Bertz CT molecular complexity index is 402. The van der Waals surface area contributed by atoms with E-state index in [1.54, 1.807) is 17.0 Å². The van der Waals surface area contributed by atoms with Gasteiger partial charge in [-0.05, 0) is 12.1 Å². The molecule has 0 saturated heterocycles. The first-order valence-corrected chi connectivity index (χ1v) is 5.20. The topological polar surface area (TPSA) is 83.7 Å². The van der Waals surface area contributed by atoms with Gasteiger partial charge in [-0.25, -0.2) is 0 Å². The fourth-order valence-electron chi connectivity index (χ4n) is 1.45. The number of aliphatic carboxylic acids is 1. The van der Waals surface area contributed by atoms with Crippen LogP contribution < -0.4 is 0 Å². The Morgan fingerprint density at radius 3 is 2.41 bits per heavy atom. The highest BCUT2D eigenvalue weighted by atomic mass is 16.6. The average molecular weight is 238 g/mol. The van der Waals surface area contributed by atoms with Crippen molar-refractivity contribution in [1.82, 2.24) is 4.90 Å². The first kappa shape index (κ1) is 13.1. The fourth-order valence-corrected chi connectivity index (χ4v) is 1.45. The molecule has 6 nitrogen and oxygen atoms in total.